The highest BCUT2D eigenvalue weighted by Crippen LogP contribution is 2.36. The zero-order valence-corrected chi connectivity index (χ0v) is 18.6. The summed E-state index contributed by atoms with van der Waals surface area (Å²) in [6, 6.07) is 11.1. The van der Waals surface area contributed by atoms with Crippen molar-refractivity contribution >= 4 is 51.2 Å². The van der Waals surface area contributed by atoms with E-state index >= 15 is 0 Å². The summed E-state index contributed by atoms with van der Waals surface area (Å²) >= 11 is 3.18. The van der Waals surface area contributed by atoms with Crippen molar-refractivity contribution < 1.29 is 28.8 Å². The van der Waals surface area contributed by atoms with E-state index in [-0.39, 0.29) is 16.9 Å². The summed E-state index contributed by atoms with van der Waals surface area (Å²) in [5.41, 5.74) is 2.26. The predicted molar refractivity (Wildman–Crippen MR) is 118 cm³/mol. The van der Waals surface area contributed by atoms with Crippen molar-refractivity contribution in [1.29, 1.82) is 0 Å². The van der Waals surface area contributed by atoms with E-state index in [1.165, 1.54) is 18.2 Å². The van der Waals surface area contributed by atoms with Gasteiger partial charge in [0.25, 0.3) is 11.8 Å². The summed E-state index contributed by atoms with van der Waals surface area (Å²) < 4.78 is 10.7. The van der Waals surface area contributed by atoms with E-state index in [4.69, 9.17) is 9.47 Å². The highest BCUT2D eigenvalue weighted by Gasteiger charge is 2.35. The molecule has 0 bridgehead atoms. The summed E-state index contributed by atoms with van der Waals surface area (Å²) in [5, 5.41) is 12.6. The lowest BCUT2D eigenvalue weighted by Gasteiger charge is -2.14. The molecule has 0 aromatic heterocycles. The van der Waals surface area contributed by atoms with Crippen LogP contribution >= 0.6 is 15.9 Å². The lowest BCUT2D eigenvalue weighted by molar-refractivity contribution is -0.385. The average Bonchev–Trinajstić information content (AvgIpc) is 3.01. The van der Waals surface area contributed by atoms with Crippen LogP contribution in [0.1, 0.15) is 19.4 Å². The molecule has 0 unspecified atom stereocenters. The van der Waals surface area contributed by atoms with Gasteiger partial charge in [-0.25, -0.2) is 9.80 Å². The van der Waals surface area contributed by atoms with Crippen LogP contribution in [0.4, 0.5) is 11.4 Å². The van der Waals surface area contributed by atoms with Gasteiger partial charge >= 0.3 is 11.7 Å². The van der Waals surface area contributed by atoms with Gasteiger partial charge in [-0.05, 0) is 38.1 Å². The van der Waals surface area contributed by atoms with E-state index in [1.54, 1.807) is 44.2 Å². The van der Waals surface area contributed by atoms with Crippen LogP contribution in [0.25, 0.3) is 6.08 Å². The Kier molecular flexibility index (Phi) is 6.89. The predicted octanol–water partition coefficient (Wildman–Crippen LogP) is 3.15. The third-order valence-electron chi connectivity index (χ3n) is 4.17. The fraction of sp³-hybridized carbons (Fsp3) is 0.190. The second-order valence-electron chi connectivity index (χ2n) is 6.90. The molecule has 1 aliphatic heterocycles. The highest BCUT2D eigenvalue weighted by molar-refractivity contribution is 9.10. The van der Waals surface area contributed by atoms with Gasteiger partial charge in [-0.3, -0.25) is 25.1 Å². The number of halogens is 1. The molecule has 1 saturated heterocycles. The van der Waals surface area contributed by atoms with Crippen molar-refractivity contribution in [2.24, 2.45) is 0 Å². The summed E-state index contributed by atoms with van der Waals surface area (Å²) in [5.74, 6) is -2.33. The number of nitrogens with zero attached hydrogens (tertiary/aromatic N) is 2. The summed E-state index contributed by atoms with van der Waals surface area (Å²) in [7, 11) is 0. The van der Waals surface area contributed by atoms with E-state index < -0.39 is 41.1 Å². The zero-order chi connectivity index (χ0) is 23.4. The Labute approximate surface area is 191 Å². The minimum atomic E-state index is -0.722. The number of nitro benzene ring substituents is 1. The number of nitro groups is 1. The number of carbonyl (C=O) groups is 3. The molecule has 0 spiro atoms. The van der Waals surface area contributed by atoms with Gasteiger partial charge in [-0.2, -0.15) is 0 Å². The molecule has 1 aliphatic rings. The molecule has 1 heterocycles. The second kappa shape index (κ2) is 9.60. The van der Waals surface area contributed by atoms with Crippen LogP contribution in [-0.4, -0.2) is 35.4 Å². The molecule has 0 radical (unpaired) electrons. The van der Waals surface area contributed by atoms with Crippen molar-refractivity contribution in [2.75, 3.05) is 11.6 Å². The van der Waals surface area contributed by atoms with Gasteiger partial charge in [-0.1, -0.05) is 34.1 Å². The molecule has 32 heavy (non-hydrogen) atoms. The first kappa shape index (κ1) is 22.9. The van der Waals surface area contributed by atoms with Crippen molar-refractivity contribution in [2.45, 2.75) is 20.0 Å². The first-order valence-corrected chi connectivity index (χ1v) is 10.2. The SMILES string of the molecule is CC(C)OC(=O)COc1c(/C=C2/C(=O)NN(c3ccccc3)C2=O)cc(Br)cc1[N+](=O)[O-]. The van der Waals surface area contributed by atoms with Crippen LogP contribution < -0.4 is 15.2 Å². The van der Waals surface area contributed by atoms with E-state index in [0.29, 0.717) is 10.2 Å². The molecule has 3 rings (SSSR count). The molecular weight excluding hydrogens is 486 g/mol. The summed E-state index contributed by atoms with van der Waals surface area (Å²) in [4.78, 5) is 48.1. The Morgan fingerprint density at radius 1 is 1.25 bits per heavy atom. The Morgan fingerprint density at radius 2 is 1.94 bits per heavy atom. The number of amides is 2. The van der Waals surface area contributed by atoms with Crippen molar-refractivity contribution in [1.82, 2.24) is 5.43 Å². The standard InChI is InChI=1S/C21H18BrN3O7/c1-12(2)32-18(26)11-31-19-13(8-14(22)10-17(19)25(29)30)9-16-20(27)23-24(21(16)28)15-6-4-3-5-7-15/h3-10,12H,11H2,1-2H3,(H,23,27)/b16-9-. The molecular formula is C21H18BrN3O7. The number of hydrogen-bond donors (Lipinski definition) is 1. The van der Waals surface area contributed by atoms with E-state index in [9.17, 15) is 24.5 Å². The topological polar surface area (TPSA) is 128 Å². The number of nitrogens with one attached hydrogen (secondary N) is 1. The number of benzene rings is 2. The van der Waals surface area contributed by atoms with Crippen molar-refractivity contribution in [3.05, 3.63) is 68.2 Å². The molecule has 1 N–H and O–H groups in total. The van der Waals surface area contributed by atoms with Gasteiger partial charge in [0.05, 0.1) is 16.7 Å². The smallest absolute Gasteiger partial charge is 0.344 e. The minimum absolute atomic E-state index is 0.0665. The maximum Gasteiger partial charge on any atom is 0.344 e. The normalized spacial score (nSPS) is 14.6. The number of hydrazine groups is 1. The number of ether oxygens (including phenoxy) is 2. The molecule has 2 aromatic rings. The number of esters is 1. The summed E-state index contributed by atoms with van der Waals surface area (Å²) in [6.45, 7) is 2.71. The Morgan fingerprint density at radius 3 is 2.56 bits per heavy atom. The molecule has 166 valence electrons. The zero-order valence-electron chi connectivity index (χ0n) is 17.0. The third kappa shape index (κ3) is 5.11. The Hall–Kier alpha value is -3.73. The van der Waals surface area contributed by atoms with E-state index in [1.807, 2.05) is 0 Å². The van der Waals surface area contributed by atoms with Crippen LogP contribution in [0.5, 0.6) is 5.75 Å². The maximum absolute atomic E-state index is 12.8. The van der Waals surface area contributed by atoms with Gasteiger partial charge in [-0.15, -0.1) is 0 Å². The molecule has 1 fully saturated rings. The number of anilines is 1. The van der Waals surface area contributed by atoms with Crippen LogP contribution in [0.3, 0.4) is 0 Å². The Balaban J connectivity index is 2.00. The second-order valence-corrected chi connectivity index (χ2v) is 7.82. The first-order chi connectivity index (χ1) is 15.2. The molecule has 0 aliphatic carbocycles. The number of hydrogen-bond acceptors (Lipinski definition) is 7. The van der Waals surface area contributed by atoms with E-state index in [2.05, 4.69) is 21.4 Å². The monoisotopic (exact) mass is 503 g/mol. The molecule has 0 saturated carbocycles. The third-order valence-corrected chi connectivity index (χ3v) is 4.62. The average molecular weight is 504 g/mol. The minimum Gasteiger partial charge on any atom is -0.474 e. The van der Waals surface area contributed by atoms with Gasteiger partial charge in [0.1, 0.15) is 5.57 Å². The van der Waals surface area contributed by atoms with Crippen LogP contribution in [-0.2, 0) is 19.1 Å². The van der Waals surface area contributed by atoms with Crippen molar-refractivity contribution in [3.8, 4) is 5.75 Å². The molecule has 11 heteroatoms. The molecule has 0 atom stereocenters. The molecule has 2 amide bonds. The quantitative estimate of drug-likeness (QED) is 0.202. The largest absolute Gasteiger partial charge is 0.474 e. The lowest BCUT2D eigenvalue weighted by atomic mass is 10.1. The molecule has 10 nitrogen and oxygen atoms in total. The van der Waals surface area contributed by atoms with Crippen molar-refractivity contribution in [3.63, 3.8) is 0 Å². The first-order valence-electron chi connectivity index (χ1n) is 9.39. The Bertz CT molecular complexity index is 1120. The lowest BCUT2D eigenvalue weighted by Crippen LogP contribution is -2.35. The van der Waals surface area contributed by atoms with E-state index in [0.717, 1.165) is 5.01 Å². The summed E-state index contributed by atoms with van der Waals surface area (Å²) in [6.07, 6.45) is 0.790. The number of para-hydroxylation sites is 1. The van der Waals surface area contributed by atoms with Crippen LogP contribution in [0, 0.1) is 10.1 Å². The fourth-order valence-electron chi connectivity index (χ4n) is 2.90. The van der Waals surface area contributed by atoms with Gasteiger partial charge in [0.2, 0.25) is 5.75 Å². The number of carbonyl (C=O) groups excluding carboxylic acids is 3. The maximum atomic E-state index is 12.8. The van der Waals surface area contributed by atoms with Crippen LogP contribution in [0.2, 0.25) is 0 Å². The van der Waals surface area contributed by atoms with Gasteiger partial charge in [0, 0.05) is 16.1 Å². The fourth-order valence-corrected chi connectivity index (χ4v) is 3.36. The molecule has 2 aromatic carbocycles. The highest BCUT2D eigenvalue weighted by atomic mass is 79.9. The number of rotatable bonds is 7. The van der Waals surface area contributed by atoms with Gasteiger partial charge in [0.15, 0.2) is 6.61 Å². The van der Waals surface area contributed by atoms with Crippen LogP contribution in [0.15, 0.2) is 52.5 Å². The van der Waals surface area contributed by atoms with Gasteiger partial charge < -0.3 is 9.47 Å².